The molecule has 1 unspecified atom stereocenters. The molecule has 110 valence electrons. The highest BCUT2D eigenvalue weighted by Crippen LogP contribution is 2.36. The van der Waals surface area contributed by atoms with Crippen LogP contribution in [0.25, 0.3) is 0 Å². The molecule has 1 aliphatic rings. The van der Waals surface area contributed by atoms with Gasteiger partial charge in [-0.2, -0.15) is 0 Å². The maximum Gasteiger partial charge on any atom is 0.245 e. The molecular formula is C15H30O2Si2. The lowest BCUT2D eigenvalue weighted by atomic mass is 10.2. The van der Waals surface area contributed by atoms with Crippen molar-refractivity contribution in [3.63, 3.8) is 0 Å². The lowest BCUT2D eigenvalue weighted by molar-refractivity contribution is 0.325. The Labute approximate surface area is 121 Å². The summed E-state index contributed by atoms with van der Waals surface area (Å²) < 4.78 is 12.8. The summed E-state index contributed by atoms with van der Waals surface area (Å²) in [6, 6.07) is 2.25. The van der Waals surface area contributed by atoms with Crippen LogP contribution in [0.15, 0.2) is 23.2 Å². The van der Waals surface area contributed by atoms with Gasteiger partial charge in [-0.15, -0.1) is 0 Å². The van der Waals surface area contributed by atoms with Gasteiger partial charge >= 0.3 is 0 Å². The molecule has 0 amide bonds. The summed E-state index contributed by atoms with van der Waals surface area (Å²) in [4.78, 5) is 0. The molecule has 1 aliphatic carbocycles. The van der Waals surface area contributed by atoms with Gasteiger partial charge in [0.05, 0.1) is 0 Å². The molecule has 0 bridgehead atoms. The van der Waals surface area contributed by atoms with Crippen molar-refractivity contribution >= 4 is 16.6 Å². The molecule has 1 rings (SSSR count). The summed E-state index contributed by atoms with van der Waals surface area (Å²) in [5.41, 5.74) is 1.25. The topological polar surface area (TPSA) is 18.5 Å². The molecule has 0 aromatic heterocycles. The van der Waals surface area contributed by atoms with E-state index in [0.29, 0.717) is 5.92 Å². The molecule has 0 heterocycles. The van der Waals surface area contributed by atoms with Gasteiger partial charge in [0.25, 0.3) is 0 Å². The second kappa shape index (κ2) is 5.87. The summed E-state index contributed by atoms with van der Waals surface area (Å²) in [6.07, 6.45) is 2.27. The number of rotatable bonds is 6. The van der Waals surface area contributed by atoms with Crippen molar-refractivity contribution in [1.29, 1.82) is 0 Å². The molecule has 0 spiro atoms. The zero-order valence-corrected chi connectivity index (χ0v) is 15.9. The third-order valence-corrected chi connectivity index (χ3v) is 8.90. The van der Waals surface area contributed by atoms with Crippen LogP contribution < -0.4 is 0 Å². The van der Waals surface area contributed by atoms with Crippen molar-refractivity contribution < 1.29 is 8.85 Å². The largest absolute Gasteiger partial charge is 0.544 e. The van der Waals surface area contributed by atoms with Gasteiger partial charge in [-0.3, -0.25) is 0 Å². The lowest BCUT2D eigenvalue weighted by Crippen LogP contribution is -2.32. The molecule has 0 fully saturated rings. The average Bonchev–Trinajstić information content (AvgIpc) is 2.55. The van der Waals surface area contributed by atoms with Crippen LogP contribution in [0, 0.1) is 5.92 Å². The average molecular weight is 299 g/mol. The van der Waals surface area contributed by atoms with E-state index in [0.717, 1.165) is 23.6 Å². The second-order valence-corrected chi connectivity index (χ2v) is 15.6. The fourth-order valence-corrected chi connectivity index (χ4v) is 3.89. The molecule has 0 N–H and O–H groups in total. The molecule has 1 atom stereocenters. The fraction of sp³-hybridized carbons (Fsp3) is 0.733. The molecule has 0 aliphatic heterocycles. The van der Waals surface area contributed by atoms with E-state index in [-0.39, 0.29) is 0 Å². The van der Waals surface area contributed by atoms with Crippen molar-refractivity contribution in [1.82, 2.24) is 0 Å². The highest BCUT2D eigenvalue weighted by molar-refractivity contribution is 6.72. The summed E-state index contributed by atoms with van der Waals surface area (Å²) in [5, 5.41) is 0. The third-order valence-electron chi connectivity index (χ3n) is 3.96. The van der Waals surface area contributed by atoms with Gasteiger partial charge < -0.3 is 8.85 Å². The van der Waals surface area contributed by atoms with Crippen LogP contribution >= 0.6 is 0 Å². The Bertz CT molecular complexity index is 395. The van der Waals surface area contributed by atoms with E-state index >= 15 is 0 Å². The smallest absolute Gasteiger partial charge is 0.245 e. The van der Waals surface area contributed by atoms with Crippen LogP contribution in [0.3, 0.4) is 0 Å². The SMILES string of the molecule is CC[Si](C)(C)OC1=C(O[Si](C)(C)CC)C(C)C=C1C. The van der Waals surface area contributed by atoms with Crippen LogP contribution in [0.2, 0.25) is 38.3 Å². The molecule has 0 aromatic rings. The maximum absolute atomic E-state index is 6.40. The minimum absolute atomic E-state index is 0.356. The molecule has 19 heavy (non-hydrogen) atoms. The first-order valence-corrected chi connectivity index (χ1v) is 13.7. The predicted octanol–water partition coefficient (Wildman–Crippen LogP) is 5.28. The van der Waals surface area contributed by atoms with E-state index in [1.807, 2.05) is 0 Å². The van der Waals surface area contributed by atoms with E-state index in [2.05, 4.69) is 60.0 Å². The molecule has 0 aromatic carbocycles. The van der Waals surface area contributed by atoms with Gasteiger partial charge in [0.15, 0.2) is 0 Å². The Kier molecular flexibility index (Phi) is 5.12. The summed E-state index contributed by atoms with van der Waals surface area (Å²) >= 11 is 0. The Balaban J connectivity index is 3.03. The monoisotopic (exact) mass is 298 g/mol. The van der Waals surface area contributed by atoms with E-state index in [1.165, 1.54) is 5.57 Å². The standard InChI is InChI=1S/C15H30O2Si2/c1-9-18(5,6)16-14-12(3)11-13(4)15(14)17-19(7,8)10-2/h11-12H,9-10H2,1-8H3. The Morgan fingerprint density at radius 1 is 1.00 bits per heavy atom. The summed E-state index contributed by atoms with van der Waals surface area (Å²) in [5.74, 6) is 2.49. The van der Waals surface area contributed by atoms with Gasteiger partial charge in [-0.05, 0) is 50.8 Å². The van der Waals surface area contributed by atoms with Crippen LogP contribution in [0.4, 0.5) is 0 Å². The highest BCUT2D eigenvalue weighted by atomic mass is 28.4. The highest BCUT2D eigenvalue weighted by Gasteiger charge is 2.33. The molecular weight excluding hydrogens is 268 g/mol. The molecule has 4 heteroatoms. The molecule has 0 radical (unpaired) electrons. The van der Waals surface area contributed by atoms with Gasteiger partial charge in [-0.1, -0.05) is 26.8 Å². The maximum atomic E-state index is 6.40. The van der Waals surface area contributed by atoms with Crippen LogP contribution in [0.5, 0.6) is 0 Å². The van der Waals surface area contributed by atoms with E-state index < -0.39 is 16.6 Å². The Morgan fingerprint density at radius 2 is 1.47 bits per heavy atom. The van der Waals surface area contributed by atoms with E-state index in [1.54, 1.807) is 0 Å². The first kappa shape index (κ1) is 16.6. The molecule has 0 saturated carbocycles. The number of hydrogen-bond acceptors (Lipinski definition) is 2. The molecule has 2 nitrogen and oxygen atoms in total. The Hall–Kier alpha value is -0.486. The van der Waals surface area contributed by atoms with Gasteiger partial charge in [0.2, 0.25) is 16.6 Å². The third kappa shape index (κ3) is 4.24. The summed E-state index contributed by atoms with van der Waals surface area (Å²) in [7, 11) is -3.20. The quantitative estimate of drug-likeness (QED) is 0.621. The Morgan fingerprint density at radius 3 is 1.95 bits per heavy atom. The summed E-state index contributed by atoms with van der Waals surface area (Å²) in [6.45, 7) is 17.9. The predicted molar refractivity (Wildman–Crippen MR) is 88.0 cm³/mol. The van der Waals surface area contributed by atoms with Crippen molar-refractivity contribution in [3.05, 3.63) is 23.2 Å². The van der Waals surface area contributed by atoms with Crippen molar-refractivity contribution in [2.24, 2.45) is 5.92 Å². The minimum atomic E-state index is -1.60. The zero-order valence-electron chi connectivity index (χ0n) is 13.9. The fourth-order valence-electron chi connectivity index (χ4n) is 1.92. The van der Waals surface area contributed by atoms with Crippen molar-refractivity contribution in [3.8, 4) is 0 Å². The van der Waals surface area contributed by atoms with Crippen LogP contribution in [0.1, 0.15) is 27.7 Å². The first-order valence-electron chi connectivity index (χ1n) is 7.43. The molecule has 0 saturated heterocycles. The normalized spacial score (nSPS) is 20.6. The zero-order chi connectivity index (χ0) is 14.8. The number of hydrogen-bond donors (Lipinski definition) is 0. The van der Waals surface area contributed by atoms with Crippen LogP contribution in [-0.2, 0) is 8.85 Å². The first-order chi connectivity index (χ1) is 8.62. The second-order valence-electron chi connectivity index (χ2n) is 6.76. The lowest BCUT2D eigenvalue weighted by Gasteiger charge is -2.29. The van der Waals surface area contributed by atoms with Gasteiger partial charge in [0, 0.05) is 5.92 Å². The van der Waals surface area contributed by atoms with Crippen molar-refractivity contribution in [2.75, 3.05) is 0 Å². The van der Waals surface area contributed by atoms with Crippen molar-refractivity contribution in [2.45, 2.75) is 66.0 Å². The number of allylic oxidation sites excluding steroid dienone is 2. The van der Waals surface area contributed by atoms with Gasteiger partial charge in [-0.25, -0.2) is 0 Å². The van der Waals surface area contributed by atoms with E-state index in [4.69, 9.17) is 8.85 Å². The minimum Gasteiger partial charge on any atom is -0.544 e. The van der Waals surface area contributed by atoms with Gasteiger partial charge in [0.1, 0.15) is 11.5 Å². The van der Waals surface area contributed by atoms with Crippen LogP contribution in [-0.4, -0.2) is 16.6 Å². The van der Waals surface area contributed by atoms with E-state index in [9.17, 15) is 0 Å².